The second-order valence-corrected chi connectivity index (χ2v) is 4.88. The molecule has 2 N–H and O–H groups in total. The molecule has 0 spiro atoms. The molecule has 0 aliphatic carbocycles. The van der Waals surface area contributed by atoms with Gasteiger partial charge in [0.15, 0.2) is 0 Å². The summed E-state index contributed by atoms with van der Waals surface area (Å²) in [6.45, 7) is 2.40. The molecule has 0 atom stereocenters. The van der Waals surface area contributed by atoms with Crippen LogP contribution in [0.3, 0.4) is 0 Å². The molecule has 1 aromatic heterocycles. The Morgan fingerprint density at radius 1 is 1.20 bits per heavy atom. The normalized spacial score (nSPS) is 12.1. The molecule has 20 heavy (non-hydrogen) atoms. The maximum Gasteiger partial charge on any atom is 0.418 e. The molecule has 0 radical (unpaired) electrons. The monoisotopic (exact) mass is 282 g/mol. The fourth-order valence-corrected chi connectivity index (χ4v) is 2.29. The molecule has 5 heteroatoms. The Kier molecular flexibility index (Phi) is 4.28. The van der Waals surface area contributed by atoms with Crippen LogP contribution in [0.4, 0.5) is 13.2 Å². The van der Waals surface area contributed by atoms with Crippen molar-refractivity contribution in [1.29, 1.82) is 0 Å². The van der Waals surface area contributed by atoms with E-state index in [9.17, 15) is 13.2 Å². The van der Waals surface area contributed by atoms with E-state index >= 15 is 0 Å². The van der Waals surface area contributed by atoms with Gasteiger partial charge >= 0.3 is 6.18 Å². The number of aryl methyl sites for hydroxylation is 2. The van der Waals surface area contributed by atoms with Gasteiger partial charge in [0.25, 0.3) is 0 Å². The first-order valence-electron chi connectivity index (χ1n) is 6.60. The average Bonchev–Trinajstić information content (AvgIpc) is 2.37. The van der Waals surface area contributed by atoms with Gasteiger partial charge in [0.1, 0.15) is 0 Å². The lowest BCUT2D eigenvalue weighted by Crippen LogP contribution is -2.08. The highest BCUT2D eigenvalue weighted by atomic mass is 19.4. The number of fused-ring (bicyclic) bond motifs is 1. The van der Waals surface area contributed by atoms with Gasteiger partial charge in [-0.25, -0.2) is 0 Å². The second-order valence-electron chi connectivity index (χ2n) is 4.88. The molecule has 0 aliphatic rings. The van der Waals surface area contributed by atoms with Crippen LogP contribution in [0.15, 0.2) is 24.3 Å². The van der Waals surface area contributed by atoms with Crippen molar-refractivity contribution < 1.29 is 13.2 Å². The third-order valence-electron chi connectivity index (χ3n) is 3.29. The minimum atomic E-state index is -4.38. The van der Waals surface area contributed by atoms with Crippen molar-refractivity contribution in [3.05, 3.63) is 41.1 Å². The minimum absolute atomic E-state index is 0.0442. The molecule has 0 fully saturated rings. The molecule has 1 heterocycles. The summed E-state index contributed by atoms with van der Waals surface area (Å²) in [6, 6.07) is 6.04. The summed E-state index contributed by atoms with van der Waals surface area (Å²) in [5.74, 6) is 0. The molecule has 0 aliphatic heterocycles. The number of aromatic nitrogens is 1. The maximum absolute atomic E-state index is 13.0. The summed E-state index contributed by atoms with van der Waals surface area (Å²) in [5.41, 5.74) is 6.32. The van der Waals surface area contributed by atoms with E-state index in [1.807, 2.05) is 13.0 Å². The zero-order chi connectivity index (χ0) is 14.8. The molecule has 0 bridgehead atoms. The Hall–Kier alpha value is -1.62. The topological polar surface area (TPSA) is 38.9 Å². The highest BCUT2D eigenvalue weighted by Gasteiger charge is 2.33. The highest BCUT2D eigenvalue weighted by molar-refractivity contribution is 5.85. The van der Waals surface area contributed by atoms with Crippen LogP contribution in [0.5, 0.6) is 0 Å². The van der Waals surface area contributed by atoms with Crippen molar-refractivity contribution >= 4 is 10.9 Å². The SMILES string of the molecule is Cc1cc(CCCCN)nc2c(C(F)(F)F)cccc12. The van der Waals surface area contributed by atoms with Crippen molar-refractivity contribution in [3.8, 4) is 0 Å². The molecule has 0 amide bonds. The Morgan fingerprint density at radius 3 is 2.60 bits per heavy atom. The van der Waals surface area contributed by atoms with Crippen LogP contribution in [-0.2, 0) is 12.6 Å². The van der Waals surface area contributed by atoms with Crippen molar-refractivity contribution in [2.45, 2.75) is 32.4 Å². The van der Waals surface area contributed by atoms with Crippen molar-refractivity contribution in [2.75, 3.05) is 6.54 Å². The van der Waals surface area contributed by atoms with Crippen LogP contribution in [-0.4, -0.2) is 11.5 Å². The van der Waals surface area contributed by atoms with Gasteiger partial charge in [-0.15, -0.1) is 0 Å². The van der Waals surface area contributed by atoms with Gasteiger partial charge in [-0.2, -0.15) is 13.2 Å². The Bertz CT molecular complexity index is 606. The van der Waals surface area contributed by atoms with Crippen LogP contribution in [0.2, 0.25) is 0 Å². The van der Waals surface area contributed by atoms with E-state index in [4.69, 9.17) is 5.73 Å². The number of nitrogens with two attached hydrogens (primary N) is 1. The summed E-state index contributed by atoms with van der Waals surface area (Å²) in [4.78, 5) is 4.21. The second kappa shape index (κ2) is 5.79. The lowest BCUT2D eigenvalue weighted by atomic mass is 10.0. The summed E-state index contributed by atoms with van der Waals surface area (Å²) in [7, 11) is 0. The zero-order valence-corrected chi connectivity index (χ0v) is 11.3. The van der Waals surface area contributed by atoms with Gasteiger partial charge in [-0.3, -0.25) is 4.98 Å². The number of alkyl halides is 3. The van der Waals surface area contributed by atoms with E-state index in [0.29, 0.717) is 24.0 Å². The van der Waals surface area contributed by atoms with Crippen LogP contribution < -0.4 is 5.73 Å². The third kappa shape index (κ3) is 3.10. The number of halogens is 3. The third-order valence-corrected chi connectivity index (χ3v) is 3.29. The number of hydrogen-bond donors (Lipinski definition) is 1. The summed E-state index contributed by atoms with van der Waals surface area (Å²) in [5, 5.41) is 0.558. The molecule has 2 nitrogen and oxygen atoms in total. The van der Waals surface area contributed by atoms with E-state index in [0.717, 1.165) is 24.5 Å². The van der Waals surface area contributed by atoms with E-state index < -0.39 is 11.7 Å². The van der Waals surface area contributed by atoms with Crippen molar-refractivity contribution in [2.24, 2.45) is 5.73 Å². The van der Waals surface area contributed by atoms with Crippen molar-refractivity contribution in [1.82, 2.24) is 4.98 Å². The van der Waals surface area contributed by atoms with E-state index in [-0.39, 0.29) is 5.52 Å². The fraction of sp³-hybridized carbons (Fsp3) is 0.400. The Morgan fingerprint density at radius 2 is 1.95 bits per heavy atom. The van der Waals surface area contributed by atoms with Gasteiger partial charge in [0.05, 0.1) is 11.1 Å². The molecular weight excluding hydrogens is 265 g/mol. The smallest absolute Gasteiger partial charge is 0.330 e. The van der Waals surface area contributed by atoms with Crippen LogP contribution in [0.25, 0.3) is 10.9 Å². The molecule has 0 saturated heterocycles. The van der Waals surface area contributed by atoms with Gasteiger partial charge in [-0.05, 0) is 50.4 Å². The number of benzene rings is 1. The molecule has 1 aromatic carbocycles. The number of unbranched alkanes of at least 4 members (excludes halogenated alkanes) is 1. The largest absolute Gasteiger partial charge is 0.418 e. The fourth-order valence-electron chi connectivity index (χ4n) is 2.29. The molecule has 0 saturated carbocycles. The first-order valence-corrected chi connectivity index (χ1v) is 6.60. The molecule has 0 unspecified atom stereocenters. The summed E-state index contributed by atoms with van der Waals surface area (Å²) < 4.78 is 39.1. The first-order chi connectivity index (χ1) is 9.43. The van der Waals surface area contributed by atoms with E-state index in [1.54, 1.807) is 6.07 Å². The quantitative estimate of drug-likeness (QED) is 0.865. The minimum Gasteiger partial charge on any atom is -0.330 e. The van der Waals surface area contributed by atoms with E-state index in [1.165, 1.54) is 6.07 Å². The predicted molar refractivity (Wildman–Crippen MR) is 73.5 cm³/mol. The molecule has 2 rings (SSSR count). The predicted octanol–water partition coefficient (Wildman–Crippen LogP) is 3.84. The molecule has 2 aromatic rings. The highest BCUT2D eigenvalue weighted by Crippen LogP contribution is 2.34. The Balaban J connectivity index is 2.50. The maximum atomic E-state index is 13.0. The summed E-state index contributed by atoms with van der Waals surface area (Å²) in [6.07, 6.45) is -2.04. The van der Waals surface area contributed by atoms with Crippen LogP contribution >= 0.6 is 0 Å². The first kappa shape index (κ1) is 14.8. The standard InChI is InChI=1S/C15H17F3N2/c1-10-9-11(5-2-3-8-19)20-14-12(10)6-4-7-13(14)15(16,17)18/h4,6-7,9H,2-3,5,8,19H2,1H3. The van der Waals surface area contributed by atoms with Crippen LogP contribution in [0, 0.1) is 6.92 Å². The summed E-state index contributed by atoms with van der Waals surface area (Å²) >= 11 is 0. The number of hydrogen-bond acceptors (Lipinski definition) is 2. The lowest BCUT2D eigenvalue weighted by Gasteiger charge is -2.12. The van der Waals surface area contributed by atoms with Gasteiger partial charge in [0.2, 0.25) is 0 Å². The number of pyridine rings is 1. The van der Waals surface area contributed by atoms with Crippen molar-refractivity contribution in [3.63, 3.8) is 0 Å². The lowest BCUT2D eigenvalue weighted by molar-refractivity contribution is -0.136. The Labute approximate surface area is 115 Å². The molecule has 108 valence electrons. The molecular formula is C15H17F3N2. The number of para-hydroxylation sites is 1. The van der Waals surface area contributed by atoms with E-state index in [2.05, 4.69) is 4.98 Å². The zero-order valence-electron chi connectivity index (χ0n) is 11.3. The van der Waals surface area contributed by atoms with Gasteiger partial charge in [-0.1, -0.05) is 12.1 Å². The number of nitrogens with zero attached hydrogens (tertiary/aromatic N) is 1. The van der Waals surface area contributed by atoms with Gasteiger partial charge in [0, 0.05) is 11.1 Å². The van der Waals surface area contributed by atoms with Gasteiger partial charge < -0.3 is 5.73 Å². The van der Waals surface area contributed by atoms with Crippen LogP contribution in [0.1, 0.15) is 29.7 Å². The number of rotatable bonds is 4. The average molecular weight is 282 g/mol.